The Kier molecular flexibility index (Phi) is 6.48. The average molecular weight is 474 g/mol. The minimum Gasteiger partial charge on any atom is -0.465 e. The van der Waals surface area contributed by atoms with Crippen molar-refractivity contribution in [3.63, 3.8) is 0 Å². The van der Waals surface area contributed by atoms with Crippen LogP contribution in [-0.2, 0) is 20.1 Å². The molecule has 0 radical (unpaired) electrons. The Bertz CT molecular complexity index is 1340. The summed E-state index contributed by atoms with van der Waals surface area (Å²) < 4.78 is 15.1. The maximum Gasteiger partial charge on any atom is 0.411 e. The number of benzene rings is 3. The van der Waals surface area contributed by atoms with Crippen molar-refractivity contribution in [2.75, 3.05) is 31.5 Å². The molecule has 5 rings (SSSR count). The van der Waals surface area contributed by atoms with Gasteiger partial charge in [-0.05, 0) is 46.5 Å². The molecule has 1 aliphatic heterocycles. The summed E-state index contributed by atoms with van der Waals surface area (Å²) in [6, 6.07) is 21.2. The summed E-state index contributed by atoms with van der Waals surface area (Å²) in [5.74, 6) is 0.0982. The molecule has 0 saturated carbocycles. The molecule has 0 bridgehead atoms. The van der Waals surface area contributed by atoms with E-state index < -0.39 is 6.09 Å². The van der Waals surface area contributed by atoms with E-state index in [4.69, 9.17) is 5.11 Å². The number of anilines is 1. The molecule has 1 amide bonds. The molecule has 0 unspecified atom stereocenters. The highest BCUT2D eigenvalue weighted by atomic mass is 19.1. The normalized spacial score (nSPS) is 14.9. The van der Waals surface area contributed by atoms with Crippen molar-refractivity contribution in [2.24, 2.45) is 7.05 Å². The van der Waals surface area contributed by atoms with E-state index in [-0.39, 0.29) is 5.82 Å². The monoisotopic (exact) mass is 473 g/mol. The Morgan fingerprint density at radius 2 is 1.66 bits per heavy atom. The number of aromatic nitrogens is 2. The average Bonchev–Trinajstić information content (AvgIpc) is 3.15. The Morgan fingerprint density at radius 1 is 0.971 bits per heavy atom. The van der Waals surface area contributed by atoms with Crippen LogP contribution in [0.3, 0.4) is 0 Å². The number of carboxylic acid groups (broad SMARTS) is 1. The van der Waals surface area contributed by atoms with Crippen LogP contribution >= 0.6 is 0 Å². The van der Waals surface area contributed by atoms with E-state index in [1.165, 1.54) is 17.7 Å². The zero-order chi connectivity index (χ0) is 24.4. The third-order valence-corrected chi connectivity index (χ3v) is 6.60. The largest absolute Gasteiger partial charge is 0.465 e. The van der Waals surface area contributed by atoms with Crippen LogP contribution in [0.25, 0.3) is 22.2 Å². The second kappa shape index (κ2) is 9.85. The second-order valence-corrected chi connectivity index (χ2v) is 8.96. The van der Waals surface area contributed by atoms with Gasteiger partial charge in [0.25, 0.3) is 0 Å². The van der Waals surface area contributed by atoms with E-state index >= 15 is 0 Å². The highest BCUT2D eigenvalue weighted by Crippen LogP contribution is 2.26. The highest BCUT2D eigenvalue weighted by Gasteiger charge is 2.19. The first-order valence-electron chi connectivity index (χ1n) is 11.7. The summed E-state index contributed by atoms with van der Waals surface area (Å²) in [6.45, 7) is 5.55. The number of fused-ring (bicyclic) bond motifs is 1. The number of nitrogens with zero attached hydrogens (tertiary/aromatic N) is 4. The van der Waals surface area contributed by atoms with Crippen LogP contribution in [0, 0.1) is 5.82 Å². The zero-order valence-corrected chi connectivity index (χ0v) is 19.6. The lowest BCUT2D eigenvalue weighted by Gasteiger charge is -2.35. The standard InChI is InChI=1S/C27H28FN5O2/c1-31-25-11-6-19(16-24(25)29-26(31)30-27(34)35)17-32-12-14-33(15-13-32)18-21-4-2-3-5-23(21)20-7-9-22(28)10-8-20/h2-11,16H,12-15,17-18H2,1H3,(H,29,30)(H,34,35). The first-order valence-corrected chi connectivity index (χ1v) is 11.7. The van der Waals surface area contributed by atoms with Crippen molar-refractivity contribution < 1.29 is 14.3 Å². The summed E-state index contributed by atoms with van der Waals surface area (Å²) in [7, 11) is 1.80. The number of piperazine rings is 1. The Balaban J connectivity index is 1.21. The lowest BCUT2D eigenvalue weighted by molar-refractivity contribution is 0.122. The van der Waals surface area contributed by atoms with Crippen LogP contribution < -0.4 is 5.32 Å². The van der Waals surface area contributed by atoms with E-state index in [0.29, 0.717) is 5.95 Å². The molecule has 3 aromatic carbocycles. The predicted molar refractivity (Wildman–Crippen MR) is 135 cm³/mol. The molecule has 1 saturated heterocycles. The van der Waals surface area contributed by atoms with Gasteiger partial charge in [-0.3, -0.25) is 15.1 Å². The molecule has 180 valence electrons. The fraction of sp³-hybridized carbons (Fsp3) is 0.259. The quantitative estimate of drug-likeness (QED) is 0.421. The summed E-state index contributed by atoms with van der Waals surface area (Å²) in [5, 5.41) is 11.3. The van der Waals surface area contributed by atoms with Gasteiger partial charge in [0.1, 0.15) is 5.82 Å². The fourth-order valence-corrected chi connectivity index (χ4v) is 4.73. The van der Waals surface area contributed by atoms with Gasteiger partial charge >= 0.3 is 6.09 Å². The van der Waals surface area contributed by atoms with Crippen LogP contribution in [0.5, 0.6) is 0 Å². The number of nitrogens with one attached hydrogen (secondary N) is 1. The van der Waals surface area contributed by atoms with Crippen molar-refractivity contribution in [3.05, 3.63) is 83.7 Å². The number of hydrogen-bond donors (Lipinski definition) is 2. The topological polar surface area (TPSA) is 73.6 Å². The number of amides is 1. The highest BCUT2D eigenvalue weighted by molar-refractivity contribution is 5.86. The van der Waals surface area contributed by atoms with Crippen molar-refractivity contribution in [3.8, 4) is 11.1 Å². The molecule has 2 heterocycles. The van der Waals surface area contributed by atoms with E-state index in [1.807, 2.05) is 30.3 Å². The Morgan fingerprint density at radius 3 is 2.37 bits per heavy atom. The number of halogens is 1. The Labute approximate surface area is 203 Å². The van der Waals surface area contributed by atoms with Crippen LogP contribution in [0.4, 0.5) is 15.1 Å². The van der Waals surface area contributed by atoms with Crippen LogP contribution in [0.2, 0.25) is 0 Å². The van der Waals surface area contributed by atoms with Gasteiger partial charge < -0.3 is 9.67 Å². The number of carbonyl (C=O) groups is 1. The van der Waals surface area contributed by atoms with Crippen molar-refractivity contribution in [2.45, 2.75) is 13.1 Å². The summed E-state index contributed by atoms with van der Waals surface area (Å²) in [4.78, 5) is 20.3. The van der Waals surface area contributed by atoms with E-state index in [0.717, 1.165) is 67.0 Å². The summed E-state index contributed by atoms with van der Waals surface area (Å²) >= 11 is 0. The molecule has 0 atom stereocenters. The minimum absolute atomic E-state index is 0.220. The van der Waals surface area contributed by atoms with E-state index in [2.05, 4.69) is 44.4 Å². The second-order valence-electron chi connectivity index (χ2n) is 8.96. The first kappa shape index (κ1) is 23.0. The molecule has 1 aromatic heterocycles. The van der Waals surface area contributed by atoms with Gasteiger partial charge in [-0.1, -0.05) is 42.5 Å². The van der Waals surface area contributed by atoms with Crippen molar-refractivity contribution in [1.29, 1.82) is 0 Å². The SMILES string of the molecule is Cn1c(NC(=O)O)nc2cc(CN3CCN(Cc4ccccc4-c4ccc(F)cc4)CC3)ccc21. The van der Waals surface area contributed by atoms with E-state index in [9.17, 15) is 9.18 Å². The third kappa shape index (κ3) is 5.18. The number of aryl methyl sites for hydroxylation is 1. The van der Waals surface area contributed by atoms with Gasteiger partial charge in [0.15, 0.2) is 0 Å². The number of hydrogen-bond acceptors (Lipinski definition) is 4. The molecular formula is C27H28FN5O2. The lowest BCUT2D eigenvalue weighted by atomic mass is 9.99. The molecule has 8 heteroatoms. The molecule has 1 aliphatic rings. The summed E-state index contributed by atoms with van der Waals surface area (Å²) in [6.07, 6.45) is -1.12. The third-order valence-electron chi connectivity index (χ3n) is 6.60. The van der Waals surface area contributed by atoms with Gasteiger partial charge in [-0.25, -0.2) is 14.2 Å². The van der Waals surface area contributed by atoms with E-state index in [1.54, 1.807) is 11.6 Å². The maximum atomic E-state index is 13.4. The van der Waals surface area contributed by atoms with Crippen LogP contribution in [-0.4, -0.2) is 56.7 Å². The van der Waals surface area contributed by atoms with Crippen molar-refractivity contribution in [1.82, 2.24) is 19.4 Å². The van der Waals surface area contributed by atoms with Gasteiger partial charge in [-0.2, -0.15) is 0 Å². The van der Waals surface area contributed by atoms with Gasteiger partial charge in [0.2, 0.25) is 5.95 Å². The van der Waals surface area contributed by atoms with Gasteiger partial charge in [0.05, 0.1) is 11.0 Å². The molecule has 1 fully saturated rings. The smallest absolute Gasteiger partial charge is 0.411 e. The minimum atomic E-state index is -1.12. The molecule has 2 N–H and O–H groups in total. The van der Waals surface area contributed by atoms with Crippen LogP contribution in [0.15, 0.2) is 66.7 Å². The van der Waals surface area contributed by atoms with Gasteiger partial charge in [-0.15, -0.1) is 0 Å². The maximum absolute atomic E-state index is 13.4. The van der Waals surface area contributed by atoms with Gasteiger partial charge in [0, 0.05) is 46.3 Å². The lowest BCUT2D eigenvalue weighted by Crippen LogP contribution is -2.45. The first-order chi connectivity index (χ1) is 17.0. The van der Waals surface area contributed by atoms with Crippen molar-refractivity contribution >= 4 is 23.1 Å². The molecule has 7 nitrogen and oxygen atoms in total. The zero-order valence-electron chi connectivity index (χ0n) is 19.6. The predicted octanol–water partition coefficient (Wildman–Crippen LogP) is 4.79. The summed E-state index contributed by atoms with van der Waals surface area (Å²) in [5.41, 5.74) is 6.26. The Hall–Kier alpha value is -3.75. The number of imidazole rings is 1. The molecule has 0 aliphatic carbocycles. The fourth-order valence-electron chi connectivity index (χ4n) is 4.73. The van der Waals surface area contributed by atoms with Crippen LogP contribution in [0.1, 0.15) is 11.1 Å². The number of rotatable bonds is 6. The molecular weight excluding hydrogens is 445 g/mol. The molecule has 35 heavy (non-hydrogen) atoms. The molecule has 4 aromatic rings. The molecule has 0 spiro atoms.